The second kappa shape index (κ2) is 16.9. The van der Waals surface area contributed by atoms with Crippen molar-refractivity contribution in [2.45, 2.75) is 53.5 Å². The standard InChI is InChI=1S/C35H39ClN4O4/c1-7-11-30(44-23-24(3)20-31(43-6)15-10-13-27-12-9-14-29(36)18-17-27)19-16-25(4)33-38-32-21-28(35(41)39-42)22-37-34(32)40(33)26(5)8-2/h7,9-13,15-22,26H,8,14,23H2,1-6H3/b11-7-,13-10+,24-20+,25-16+,30-19+,31-15+. The van der Waals surface area contributed by atoms with Gasteiger partial charge in [-0.2, -0.15) is 0 Å². The summed E-state index contributed by atoms with van der Waals surface area (Å²) in [4.78, 5) is 31.7. The molecule has 0 saturated carbocycles. The first kappa shape index (κ1) is 33.9. The van der Waals surface area contributed by atoms with E-state index in [1.807, 2.05) is 98.3 Å². The number of methoxy groups -OCH3 is 1. The van der Waals surface area contributed by atoms with Crippen LogP contribution in [-0.2, 0) is 9.47 Å². The zero-order valence-electron chi connectivity index (χ0n) is 26.1. The quantitative estimate of drug-likeness (QED) is 0.127. The monoisotopic (exact) mass is 614 g/mol. The summed E-state index contributed by atoms with van der Waals surface area (Å²) in [5, 5.41) is 3.31. The number of nitrogens with zero attached hydrogens (tertiary/aromatic N) is 4. The average Bonchev–Trinajstić information content (AvgIpc) is 3.29. The van der Waals surface area contributed by atoms with E-state index in [0.717, 1.165) is 40.4 Å². The Hall–Kier alpha value is -4.56. The number of allylic oxidation sites excluding steroid dienone is 15. The van der Waals surface area contributed by atoms with Gasteiger partial charge in [0.15, 0.2) is 5.65 Å². The van der Waals surface area contributed by atoms with Crippen molar-refractivity contribution in [3.8, 4) is 0 Å². The fourth-order valence-corrected chi connectivity index (χ4v) is 4.42. The molecule has 2 aromatic heterocycles. The molecule has 1 amide bonds. The van der Waals surface area contributed by atoms with Gasteiger partial charge in [0.1, 0.15) is 29.5 Å². The van der Waals surface area contributed by atoms with Crippen LogP contribution in [0.3, 0.4) is 0 Å². The van der Waals surface area contributed by atoms with Crippen molar-refractivity contribution in [3.05, 3.63) is 129 Å². The lowest BCUT2D eigenvalue weighted by Crippen LogP contribution is -2.08. The van der Waals surface area contributed by atoms with Crippen molar-refractivity contribution in [1.29, 1.82) is 0 Å². The molecule has 0 N–H and O–H groups in total. The van der Waals surface area contributed by atoms with Crippen LogP contribution in [0.15, 0.2) is 118 Å². The largest absolute Gasteiger partial charge is 0.497 e. The van der Waals surface area contributed by atoms with Gasteiger partial charge in [0.25, 0.3) is 0 Å². The summed E-state index contributed by atoms with van der Waals surface area (Å²) in [5.41, 5.74) is 4.19. The van der Waals surface area contributed by atoms with E-state index in [9.17, 15) is 9.70 Å². The van der Waals surface area contributed by atoms with E-state index < -0.39 is 5.91 Å². The SMILES string of the molecule is C\C=C/C(=C\C=C(/C)c1nc2cc(C(=O)N=O)cnc2n1C(C)CC)OC/C(C)=C/C(=C\C=C\C1=CC=C(Cl)CC=C1)OC. The highest BCUT2D eigenvalue weighted by atomic mass is 35.5. The van der Waals surface area contributed by atoms with E-state index in [1.165, 1.54) is 6.20 Å². The summed E-state index contributed by atoms with van der Waals surface area (Å²) in [7, 11) is 1.64. The van der Waals surface area contributed by atoms with E-state index >= 15 is 0 Å². The summed E-state index contributed by atoms with van der Waals surface area (Å²) in [6.07, 6.45) is 26.3. The van der Waals surface area contributed by atoms with E-state index in [1.54, 1.807) is 13.2 Å². The van der Waals surface area contributed by atoms with Crippen LogP contribution in [0.2, 0.25) is 0 Å². The van der Waals surface area contributed by atoms with E-state index in [-0.39, 0.29) is 11.6 Å². The van der Waals surface area contributed by atoms with Crippen LogP contribution in [0.4, 0.5) is 0 Å². The molecule has 1 atom stereocenters. The van der Waals surface area contributed by atoms with Crippen molar-refractivity contribution in [1.82, 2.24) is 14.5 Å². The Bertz CT molecular complexity index is 1650. The van der Waals surface area contributed by atoms with Gasteiger partial charge in [-0.15, -0.1) is 4.91 Å². The van der Waals surface area contributed by atoms with Crippen LogP contribution >= 0.6 is 11.6 Å². The average molecular weight is 615 g/mol. The number of halogens is 1. The number of hydrogen-bond donors (Lipinski definition) is 0. The molecule has 2 heterocycles. The maximum absolute atomic E-state index is 11.8. The first-order chi connectivity index (χ1) is 21.2. The highest BCUT2D eigenvalue weighted by Crippen LogP contribution is 2.27. The molecule has 2 aromatic rings. The van der Waals surface area contributed by atoms with Gasteiger partial charge in [0.05, 0.1) is 12.7 Å². The van der Waals surface area contributed by atoms with Gasteiger partial charge in [-0.25, -0.2) is 9.97 Å². The Morgan fingerprint density at radius 1 is 1.20 bits per heavy atom. The first-order valence-electron chi connectivity index (χ1n) is 14.4. The van der Waals surface area contributed by atoms with Crippen LogP contribution in [-0.4, -0.2) is 34.2 Å². The van der Waals surface area contributed by atoms with Crippen molar-refractivity contribution >= 4 is 34.2 Å². The summed E-state index contributed by atoms with van der Waals surface area (Å²) >= 11 is 6.09. The third kappa shape index (κ3) is 9.47. The summed E-state index contributed by atoms with van der Waals surface area (Å²) in [5.74, 6) is 1.22. The number of aromatic nitrogens is 3. The molecule has 0 radical (unpaired) electrons. The molecule has 9 heteroatoms. The topological polar surface area (TPSA) is 95.7 Å². The first-order valence-corrected chi connectivity index (χ1v) is 14.8. The molecule has 1 aliphatic carbocycles. The van der Waals surface area contributed by atoms with E-state index in [4.69, 9.17) is 26.1 Å². The van der Waals surface area contributed by atoms with Gasteiger partial charge in [-0.1, -0.05) is 61.1 Å². The minimum Gasteiger partial charge on any atom is -0.497 e. The molecule has 0 saturated heterocycles. The van der Waals surface area contributed by atoms with Gasteiger partial charge in [0.2, 0.25) is 0 Å². The normalized spacial score (nSPS) is 15.9. The number of hydrogen-bond acceptors (Lipinski definition) is 6. The predicted molar refractivity (Wildman–Crippen MR) is 179 cm³/mol. The molecular formula is C35H39ClN4O4. The molecule has 230 valence electrons. The number of rotatable bonds is 13. The Morgan fingerprint density at radius 2 is 2.00 bits per heavy atom. The zero-order valence-corrected chi connectivity index (χ0v) is 26.8. The number of imidazole rings is 1. The molecule has 0 aliphatic heterocycles. The van der Waals surface area contributed by atoms with Gasteiger partial charge in [-0.3, -0.25) is 4.79 Å². The Balaban J connectivity index is 1.80. The number of amides is 1. The van der Waals surface area contributed by atoms with Gasteiger partial charge in [0, 0.05) is 28.9 Å². The van der Waals surface area contributed by atoms with Crippen LogP contribution in [0.5, 0.6) is 0 Å². The number of pyridine rings is 1. The molecule has 0 spiro atoms. The van der Waals surface area contributed by atoms with Crippen molar-refractivity contribution < 1.29 is 14.3 Å². The molecule has 0 bridgehead atoms. The third-order valence-corrected chi connectivity index (χ3v) is 7.07. The van der Waals surface area contributed by atoms with Crippen LogP contribution in [0.1, 0.15) is 69.7 Å². The summed E-state index contributed by atoms with van der Waals surface area (Å²) < 4.78 is 13.7. The molecule has 0 aromatic carbocycles. The minimum absolute atomic E-state index is 0.105. The number of fused-ring (bicyclic) bond motifs is 1. The van der Waals surface area contributed by atoms with E-state index in [0.29, 0.717) is 29.3 Å². The van der Waals surface area contributed by atoms with Crippen LogP contribution in [0, 0.1) is 4.91 Å². The lowest BCUT2D eigenvalue weighted by Gasteiger charge is -2.15. The Kier molecular flexibility index (Phi) is 13.0. The highest BCUT2D eigenvalue weighted by Gasteiger charge is 2.19. The number of carbonyl (C=O) groups excluding carboxylic acids is 1. The maximum Gasteiger partial charge on any atom is 0.318 e. The van der Waals surface area contributed by atoms with E-state index in [2.05, 4.69) is 24.0 Å². The molecular weight excluding hydrogens is 576 g/mol. The van der Waals surface area contributed by atoms with Gasteiger partial charge in [-0.05, 0) is 87.3 Å². The van der Waals surface area contributed by atoms with Gasteiger partial charge >= 0.3 is 5.91 Å². The van der Waals surface area contributed by atoms with Crippen molar-refractivity contribution in [3.63, 3.8) is 0 Å². The molecule has 3 rings (SSSR count). The third-order valence-electron chi connectivity index (χ3n) is 6.79. The van der Waals surface area contributed by atoms with Crippen LogP contribution in [0.25, 0.3) is 16.7 Å². The number of nitroso groups, excluding NO2 is 1. The fraction of sp³-hybridized carbons (Fsp3) is 0.286. The lowest BCUT2D eigenvalue weighted by molar-refractivity contribution is 0.100. The van der Waals surface area contributed by atoms with Crippen molar-refractivity contribution in [2.24, 2.45) is 5.18 Å². The lowest BCUT2D eigenvalue weighted by atomic mass is 10.2. The predicted octanol–water partition coefficient (Wildman–Crippen LogP) is 9.23. The molecule has 1 aliphatic rings. The Labute approximate surface area is 264 Å². The number of ether oxygens (including phenoxy) is 2. The maximum atomic E-state index is 11.8. The van der Waals surface area contributed by atoms with Crippen molar-refractivity contribution in [2.75, 3.05) is 13.7 Å². The minimum atomic E-state index is -0.871. The van der Waals surface area contributed by atoms with Gasteiger partial charge < -0.3 is 14.0 Å². The Morgan fingerprint density at radius 3 is 2.70 bits per heavy atom. The second-order valence-electron chi connectivity index (χ2n) is 10.2. The fourth-order valence-electron chi connectivity index (χ4n) is 4.27. The number of carbonyl (C=O) groups is 1. The molecule has 0 fully saturated rings. The molecule has 8 nitrogen and oxygen atoms in total. The van der Waals surface area contributed by atoms with Crippen LogP contribution < -0.4 is 0 Å². The zero-order chi connectivity index (χ0) is 32.1. The second-order valence-corrected chi connectivity index (χ2v) is 10.7. The summed E-state index contributed by atoms with van der Waals surface area (Å²) in [6.45, 7) is 10.4. The summed E-state index contributed by atoms with van der Waals surface area (Å²) in [6, 6.07) is 1.66. The molecule has 1 unspecified atom stereocenters. The highest BCUT2D eigenvalue weighted by molar-refractivity contribution is 6.29. The smallest absolute Gasteiger partial charge is 0.318 e. The molecule has 44 heavy (non-hydrogen) atoms.